The van der Waals surface area contributed by atoms with Crippen molar-refractivity contribution in [3.05, 3.63) is 59.4 Å². The largest absolute Gasteiger partial charge is 0.496 e. The molecule has 0 radical (unpaired) electrons. The number of methoxy groups -OCH3 is 1. The number of guanidine groups is 1. The molecule has 1 heterocycles. The number of nitrogens with one attached hydrogen (secondary N) is 2. The van der Waals surface area contributed by atoms with Gasteiger partial charge in [0.15, 0.2) is 5.96 Å². The first-order chi connectivity index (χ1) is 12.2. The predicted molar refractivity (Wildman–Crippen MR) is 119 cm³/mol. The van der Waals surface area contributed by atoms with E-state index in [1.165, 1.54) is 16.7 Å². The van der Waals surface area contributed by atoms with Crippen molar-refractivity contribution < 1.29 is 4.74 Å². The smallest absolute Gasteiger partial charge is 0.191 e. The fourth-order valence-electron chi connectivity index (χ4n) is 2.64. The van der Waals surface area contributed by atoms with Crippen LogP contribution in [0.2, 0.25) is 0 Å². The van der Waals surface area contributed by atoms with E-state index in [2.05, 4.69) is 46.6 Å². The van der Waals surface area contributed by atoms with Crippen molar-refractivity contribution in [1.29, 1.82) is 0 Å². The molecule has 5 nitrogen and oxygen atoms in total. The molecule has 2 rings (SSSR count). The Morgan fingerprint density at radius 1 is 1.12 bits per heavy atom. The molecule has 0 aliphatic heterocycles. The van der Waals surface area contributed by atoms with Crippen molar-refractivity contribution in [2.75, 3.05) is 26.7 Å². The van der Waals surface area contributed by atoms with Gasteiger partial charge in [0.05, 0.1) is 7.11 Å². The average molecular weight is 468 g/mol. The summed E-state index contributed by atoms with van der Waals surface area (Å²) in [5.41, 5.74) is 3.70. The zero-order chi connectivity index (χ0) is 17.9. The Morgan fingerprint density at radius 3 is 2.65 bits per heavy atom. The van der Waals surface area contributed by atoms with E-state index in [0.717, 1.165) is 44.2 Å². The van der Waals surface area contributed by atoms with E-state index in [4.69, 9.17) is 4.74 Å². The summed E-state index contributed by atoms with van der Waals surface area (Å²) in [5, 5.41) is 6.69. The summed E-state index contributed by atoms with van der Waals surface area (Å²) >= 11 is 0. The third kappa shape index (κ3) is 7.19. The SMILES string of the molecule is CCNC(=NCCc1ccncc1C)NCCc1ccccc1OC.I. The molecular weight excluding hydrogens is 439 g/mol. The van der Waals surface area contributed by atoms with Crippen molar-refractivity contribution in [2.45, 2.75) is 26.7 Å². The lowest BCUT2D eigenvalue weighted by Gasteiger charge is -2.13. The molecule has 6 heteroatoms. The molecular formula is C20H29IN4O. The highest BCUT2D eigenvalue weighted by atomic mass is 127. The number of para-hydroxylation sites is 1. The zero-order valence-corrected chi connectivity index (χ0v) is 18.1. The fraction of sp³-hybridized carbons (Fsp3) is 0.400. The molecule has 26 heavy (non-hydrogen) atoms. The second-order valence-corrected chi connectivity index (χ2v) is 5.80. The first-order valence-electron chi connectivity index (χ1n) is 8.78. The van der Waals surface area contributed by atoms with Gasteiger partial charge in [0, 0.05) is 32.0 Å². The van der Waals surface area contributed by atoms with Gasteiger partial charge in [-0.1, -0.05) is 18.2 Å². The van der Waals surface area contributed by atoms with Gasteiger partial charge in [0.25, 0.3) is 0 Å². The summed E-state index contributed by atoms with van der Waals surface area (Å²) in [7, 11) is 1.71. The van der Waals surface area contributed by atoms with Crippen LogP contribution in [0.4, 0.5) is 0 Å². The number of nitrogens with zero attached hydrogens (tertiary/aromatic N) is 2. The lowest BCUT2D eigenvalue weighted by Crippen LogP contribution is -2.38. The van der Waals surface area contributed by atoms with Crippen LogP contribution in [0.1, 0.15) is 23.6 Å². The molecule has 0 spiro atoms. The highest BCUT2D eigenvalue weighted by Crippen LogP contribution is 2.17. The standard InChI is InChI=1S/C20H28N4O.HI/c1-4-22-20(23-13-10-17-9-12-21-15-16(17)2)24-14-11-18-7-5-6-8-19(18)25-3;/h5-9,12,15H,4,10-11,13-14H2,1-3H3,(H2,22,23,24);1H. The monoisotopic (exact) mass is 468 g/mol. The second-order valence-electron chi connectivity index (χ2n) is 5.80. The minimum Gasteiger partial charge on any atom is -0.496 e. The highest BCUT2D eigenvalue weighted by molar-refractivity contribution is 14.0. The van der Waals surface area contributed by atoms with Crippen LogP contribution in [-0.4, -0.2) is 37.7 Å². The summed E-state index contributed by atoms with van der Waals surface area (Å²) in [5.74, 6) is 1.78. The molecule has 0 fully saturated rings. The predicted octanol–water partition coefficient (Wildman–Crippen LogP) is 3.36. The van der Waals surface area contributed by atoms with Crippen LogP contribution in [0.15, 0.2) is 47.7 Å². The molecule has 2 aromatic rings. The quantitative estimate of drug-likeness (QED) is 0.355. The van der Waals surface area contributed by atoms with E-state index < -0.39 is 0 Å². The molecule has 0 amide bonds. The van der Waals surface area contributed by atoms with Gasteiger partial charge in [-0.15, -0.1) is 24.0 Å². The molecule has 1 aromatic carbocycles. The highest BCUT2D eigenvalue weighted by Gasteiger charge is 2.03. The van der Waals surface area contributed by atoms with Gasteiger partial charge < -0.3 is 15.4 Å². The Kier molecular flexibility index (Phi) is 10.7. The van der Waals surface area contributed by atoms with E-state index in [1.54, 1.807) is 7.11 Å². The van der Waals surface area contributed by atoms with Crippen molar-refractivity contribution in [3.8, 4) is 5.75 Å². The van der Waals surface area contributed by atoms with Crippen LogP contribution in [0.3, 0.4) is 0 Å². The van der Waals surface area contributed by atoms with Crippen LogP contribution in [-0.2, 0) is 12.8 Å². The number of pyridine rings is 1. The minimum atomic E-state index is 0. The van der Waals surface area contributed by atoms with Crippen LogP contribution < -0.4 is 15.4 Å². The first-order valence-corrected chi connectivity index (χ1v) is 8.78. The number of halogens is 1. The Hall–Kier alpha value is -1.83. The lowest BCUT2D eigenvalue weighted by atomic mass is 10.1. The maximum Gasteiger partial charge on any atom is 0.191 e. The number of hydrogen-bond donors (Lipinski definition) is 2. The van der Waals surface area contributed by atoms with Crippen LogP contribution in [0.5, 0.6) is 5.75 Å². The number of aliphatic imine (C=N–C) groups is 1. The van der Waals surface area contributed by atoms with Gasteiger partial charge in [-0.2, -0.15) is 0 Å². The van der Waals surface area contributed by atoms with Gasteiger partial charge in [0.1, 0.15) is 5.75 Å². The van der Waals surface area contributed by atoms with Crippen LogP contribution >= 0.6 is 24.0 Å². The van der Waals surface area contributed by atoms with E-state index in [1.807, 2.05) is 30.6 Å². The van der Waals surface area contributed by atoms with Crippen molar-refractivity contribution in [2.24, 2.45) is 4.99 Å². The molecule has 0 aliphatic carbocycles. The minimum absolute atomic E-state index is 0. The third-order valence-corrected chi connectivity index (χ3v) is 4.01. The van der Waals surface area contributed by atoms with E-state index >= 15 is 0 Å². The number of ether oxygens (including phenoxy) is 1. The van der Waals surface area contributed by atoms with Gasteiger partial charge in [-0.3, -0.25) is 9.98 Å². The summed E-state index contributed by atoms with van der Waals surface area (Å²) in [4.78, 5) is 8.80. The summed E-state index contributed by atoms with van der Waals surface area (Å²) in [6.45, 7) is 6.55. The molecule has 0 saturated carbocycles. The molecule has 0 unspecified atom stereocenters. The van der Waals surface area contributed by atoms with E-state index in [0.29, 0.717) is 0 Å². The van der Waals surface area contributed by atoms with E-state index in [-0.39, 0.29) is 24.0 Å². The Morgan fingerprint density at radius 2 is 1.92 bits per heavy atom. The van der Waals surface area contributed by atoms with Gasteiger partial charge in [-0.25, -0.2) is 0 Å². The van der Waals surface area contributed by atoms with Gasteiger partial charge >= 0.3 is 0 Å². The third-order valence-electron chi connectivity index (χ3n) is 4.01. The number of rotatable bonds is 8. The Balaban J connectivity index is 0.00000338. The average Bonchev–Trinajstić information content (AvgIpc) is 2.63. The molecule has 0 aliphatic rings. The molecule has 0 bridgehead atoms. The Bertz CT molecular complexity index is 691. The molecule has 2 N–H and O–H groups in total. The lowest BCUT2D eigenvalue weighted by molar-refractivity contribution is 0.409. The number of benzene rings is 1. The van der Waals surface area contributed by atoms with Gasteiger partial charge in [-0.05, 0) is 55.5 Å². The van der Waals surface area contributed by atoms with Crippen molar-refractivity contribution >= 4 is 29.9 Å². The molecule has 1 aromatic heterocycles. The Labute approximate surface area is 173 Å². The van der Waals surface area contributed by atoms with Crippen molar-refractivity contribution in [1.82, 2.24) is 15.6 Å². The zero-order valence-electron chi connectivity index (χ0n) is 15.8. The number of aryl methyl sites for hydroxylation is 1. The van der Waals surface area contributed by atoms with Crippen LogP contribution in [0.25, 0.3) is 0 Å². The number of hydrogen-bond acceptors (Lipinski definition) is 3. The summed E-state index contributed by atoms with van der Waals surface area (Å²) in [6.07, 6.45) is 5.54. The summed E-state index contributed by atoms with van der Waals surface area (Å²) < 4.78 is 5.40. The van der Waals surface area contributed by atoms with Crippen molar-refractivity contribution in [3.63, 3.8) is 0 Å². The van der Waals surface area contributed by atoms with Gasteiger partial charge in [0.2, 0.25) is 0 Å². The first kappa shape index (κ1) is 22.2. The maximum absolute atomic E-state index is 5.40. The summed E-state index contributed by atoms with van der Waals surface area (Å²) in [6, 6.07) is 10.2. The van der Waals surface area contributed by atoms with Crippen LogP contribution in [0, 0.1) is 6.92 Å². The fourth-order valence-corrected chi connectivity index (χ4v) is 2.64. The molecule has 142 valence electrons. The topological polar surface area (TPSA) is 58.5 Å². The molecule has 0 saturated heterocycles. The maximum atomic E-state index is 5.40. The number of aromatic nitrogens is 1. The van der Waals surface area contributed by atoms with E-state index in [9.17, 15) is 0 Å². The second kappa shape index (κ2) is 12.5. The molecule has 0 atom stereocenters. The normalized spacial score (nSPS) is 10.8.